The summed E-state index contributed by atoms with van der Waals surface area (Å²) in [5.41, 5.74) is 1.63. The third-order valence-corrected chi connectivity index (χ3v) is 7.77. The molecule has 2 aromatic carbocycles. The molecule has 2 aromatic rings. The van der Waals surface area contributed by atoms with E-state index in [1.807, 2.05) is 74.5 Å². The number of nitrogens with zero attached hydrogens (tertiary/aromatic N) is 2. The number of imide groups is 1. The summed E-state index contributed by atoms with van der Waals surface area (Å²) in [5.74, 6) is -1.44. The van der Waals surface area contributed by atoms with Crippen molar-refractivity contribution in [1.29, 1.82) is 0 Å². The van der Waals surface area contributed by atoms with Crippen molar-refractivity contribution < 1.29 is 19.2 Å². The summed E-state index contributed by atoms with van der Waals surface area (Å²) in [4.78, 5) is 56.1. The molecule has 0 saturated carbocycles. The van der Waals surface area contributed by atoms with E-state index in [0.717, 1.165) is 5.56 Å². The van der Waals surface area contributed by atoms with Crippen molar-refractivity contribution in [2.75, 3.05) is 13.1 Å². The number of allylic oxidation sites excluding steroid dienone is 2. The normalized spacial score (nSPS) is 19.2. The number of carbonyl (C=O) groups is 4. The summed E-state index contributed by atoms with van der Waals surface area (Å²) in [6.45, 7) is 4.62. The summed E-state index contributed by atoms with van der Waals surface area (Å²) in [7, 11) is 0. The van der Waals surface area contributed by atoms with Crippen molar-refractivity contribution in [2.24, 2.45) is 17.8 Å². The van der Waals surface area contributed by atoms with Gasteiger partial charge in [0, 0.05) is 37.5 Å². The van der Waals surface area contributed by atoms with Gasteiger partial charge in [-0.1, -0.05) is 86.1 Å². The number of amides is 4. The van der Waals surface area contributed by atoms with Gasteiger partial charge < -0.3 is 10.2 Å². The Labute approximate surface area is 235 Å². The van der Waals surface area contributed by atoms with Gasteiger partial charge >= 0.3 is 0 Å². The molecule has 1 aliphatic carbocycles. The molecule has 3 atom stereocenters. The lowest BCUT2D eigenvalue weighted by Gasteiger charge is -2.32. The van der Waals surface area contributed by atoms with Crippen LogP contribution in [0.4, 0.5) is 0 Å². The molecule has 1 heterocycles. The van der Waals surface area contributed by atoms with Crippen molar-refractivity contribution in [3.8, 4) is 0 Å². The highest BCUT2D eigenvalue weighted by atomic mass is 35.5. The fourth-order valence-corrected chi connectivity index (χ4v) is 5.42. The number of carbonyl (C=O) groups excluding carboxylic acids is 4. The lowest BCUT2D eigenvalue weighted by atomic mass is 9.85. The number of benzene rings is 2. The van der Waals surface area contributed by atoms with Crippen molar-refractivity contribution in [2.45, 2.75) is 52.1 Å². The minimum absolute atomic E-state index is 0.00576. The summed E-state index contributed by atoms with van der Waals surface area (Å²) in [6.07, 6.45) is 5.23. The second-order valence-electron chi connectivity index (χ2n) is 10.7. The van der Waals surface area contributed by atoms with Gasteiger partial charge in [0.05, 0.1) is 11.8 Å². The van der Waals surface area contributed by atoms with Gasteiger partial charge in [-0.25, -0.2) is 0 Å². The molecule has 0 spiro atoms. The maximum absolute atomic E-state index is 13.9. The zero-order chi connectivity index (χ0) is 27.9. The van der Waals surface area contributed by atoms with Crippen molar-refractivity contribution in [1.82, 2.24) is 15.1 Å². The molecule has 206 valence electrons. The summed E-state index contributed by atoms with van der Waals surface area (Å²) < 4.78 is 0. The molecule has 7 nitrogen and oxygen atoms in total. The summed E-state index contributed by atoms with van der Waals surface area (Å²) in [6, 6.07) is 16.0. The van der Waals surface area contributed by atoms with Gasteiger partial charge in [-0.3, -0.25) is 24.1 Å². The van der Waals surface area contributed by atoms with E-state index in [4.69, 9.17) is 11.6 Å². The van der Waals surface area contributed by atoms with E-state index in [1.165, 1.54) is 4.90 Å². The molecule has 4 amide bonds. The van der Waals surface area contributed by atoms with Crippen LogP contribution in [0.5, 0.6) is 0 Å². The van der Waals surface area contributed by atoms with Gasteiger partial charge in [0.15, 0.2) is 0 Å². The average molecular weight is 550 g/mol. The standard InChI is InChI=1S/C31H36ClN3O4/c1-21(2)19-33-29(37)27(18-22-10-4-3-5-11-22)35(20-23-12-6-9-15-26(23)32)28(36)16-17-34-30(38)24-13-7-8-14-25(24)31(34)39/h3-12,15,21,24-25,27H,13-14,16-20H2,1-2H3,(H,33,37)/t24-,25+,27?. The summed E-state index contributed by atoms with van der Waals surface area (Å²) >= 11 is 6.47. The number of nitrogens with one attached hydrogen (secondary N) is 1. The highest BCUT2D eigenvalue weighted by molar-refractivity contribution is 6.31. The maximum atomic E-state index is 13.9. The smallest absolute Gasteiger partial charge is 0.243 e. The van der Waals surface area contributed by atoms with Crippen LogP contribution in [0.1, 0.15) is 44.2 Å². The SMILES string of the molecule is CC(C)CNC(=O)C(Cc1ccccc1)N(Cc1ccccc1Cl)C(=O)CCN1C(=O)[C@H]2CC=CC[C@H]2C1=O. The second-order valence-corrected chi connectivity index (χ2v) is 11.1. The van der Waals surface area contributed by atoms with E-state index in [0.29, 0.717) is 36.4 Å². The predicted molar refractivity (Wildman–Crippen MR) is 150 cm³/mol. The Bertz CT molecular complexity index is 1200. The fraction of sp³-hybridized carbons (Fsp3) is 0.419. The first-order valence-electron chi connectivity index (χ1n) is 13.6. The molecular formula is C31H36ClN3O4. The Morgan fingerprint density at radius 2 is 1.59 bits per heavy atom. The number of hydrogen-bond acceptors (Lipinski definition) is 4. The molecule has 8 heteroatoms. The van der Waals surface area contributed by atoms with Crippen LogP contribution in [0.3, 0.4) is 0 Å². The highest BCUT2D eigenvalue weighted by Gasteiger charge is 2.47. The molecule has 2 aliphatic rings. The van der Waals surface area contributed by atoms with Crippen LogP contribution in [0.15, 0.2) is 66.7 Å². The molecule has 1 fully saturated rings. The molecule has 4 rings (SSSR count). The van der Waals surface area contributed by atoms with E-state index in [-0.39, 0.29) is 60.9 Å². The molecule has 39 heavy (non-hydrogen) atoms. The lowest BCUT2D eigenvalue weighted by Crippen LogP contribution is -2.51. The van der Waals surface area contributed by atoms with E-state index >= 15 is 0 Å². The van der Waals surface area contributed by atoms with Crippen LogP contribution in [-0.4, -0.2) is 52.6 Å². The molecular weight excluding hydrogens is 514 g/mol. The van der Waals surface area contributed by atoms with E-state index in [2.05, 4.69) is 5.32 Å². The van der Waals surface area contributed by atoms with Gasteiger partial charge in [-0.15, -0.1) is 0 Å². The first-order valence-corrected chi connectivity index (χ1v) is 14.0. The Morgan fingerprint density at radius 3 is 2.21 bits per heavy atom. The van der Waals surface area contributed by atoms with Crippen LogP contribution in [0, 0.1) is 17.8 Å². The van der Waals surface area contributed by atoms with Crippen molar-refractivity contribution in [3.63, 3.8) is 0 Å². The van der Waals surface area contributed by atoms with E-state index in [9.17, 15) is 19.2 Å². The molecule has 1 unspecified atom stereocenters. The zero-order valence-electron chi connectivity index (χ0n) is 22.5. The summed E-state index contributed by atoms with van der Waals surface area (Å²) in [5, 5.41) is 3.49. The van der Waals surface area contributed by atoms with Gasteiger partial charge in [0.2, 0.25) is 23.6 Å². The Morgan fingerprint density at radius 1 is 0.974 bits per heavy atom. The Hall–Kier alpha value is -3.45. The third kappa shape index (κ3) is 6.95. The minimum atomic E-state index is -0.799. The van der Waals surface area contributed by atoms with Gasteiger partial charge in [0.1, 0.15) is 6.04 Å². The van der Waals surface area contributed by atoms with Gasteiger partial charge in [-0.2, -0.15) is 0 Å². The second kappa shape index (κ2) is 13.1. The zero-order valence-corrected chi connectivity index (χ0v) is 23.3. The van der Waals surface area contributed by atoms with E-state index < -0.39 is 6.04 Å². The maximum Gasteiger partial charge on any atom is 0.243 e. The molecule has 0 radical (unpaired) electrons. The number of rotatable bonds is 11. The van der Waals surface area contributed by atoms with Gasteiger partial charge in [-0.05, 0) is 36.0 Å². The molecule has 0 bridgehead atoms. The lowest BCUT2D eigenvalue weighted by molar-refractivity contribution is -0.144. The molecule has 0 aromatic heterocycles. The first-order chi connectivity index (χ1) is 18.8. The van der Waals surface area contributed by atoms with Crippen molar-refractivity contribution >= 4 is 35.2 Å². The molecule has 1 aliphatic heterocycles. The minimum Gasteiger partial charge on any atom is -0.354 e. The highest BCUT2D eigenvalue weighted by Crippen LogP contribution is 2.35. The predicted octanol–water partition coefficient (Wildman–Crippen LogP) is 4.39. The van der Waals surface area contributed by atoms with Crippen LogP contribution < -0.4 is 5.32 Å². The Balaban J connectivity index is 1.59. The average Bonchev–Trinajstić information content (AvgIpc) is 3.18. The fourth-order valence-electron chi connectivity index (χ4n) is 5.23. The van der Waals surface area contributed by atoms with Crippen LogP contribution in [0.25, 0.3) is 0 Å². The first kappa shape index (κ1) is 28.6. The number of halogens is 1. The number of fused-ring (bicyclic) bond motifs is 1. The number of likely N-dealkylation sites (tertiary alicyclic amines) is 1. The quantitative estimate of drug-likeness (QED) is 0.332. The third-order valence-electron chi connectivity index (χ3n) is 7.40. The van der Waals surface area contributed by atoms with Crippen LogP contribution >= 0.6 is 11.6 Å². The topological polar surface area (TPSA) is 86.8 Å². The van der Waals surface area contributed by atoms with Crippen LogP contribution in [0.2, 0.25) is 5.02 Å². The molecule has 1 saturated heterocycles. The largest absolute Gasteiger partial charge is 0.354 e. The van der Waals surface area contributed by atoms with Gasteiger partial charge in [0.25, 0.3) is 0 Å². The monoisotopic (exact) mass is 549 g/mol. The number of hydrogen-bond donors (Lipinski definition) is 1. The van der Waals surface area contributed by atoms with Crippen LogP contribution in [-0.2, 0) is 32.1 Å². The Kier molecular flexibility index (Phi) is 9.57. The molecule has 1 N–H and O–H groups in total. The van der Waals surface area contributed by atoms with Crippen molar-refractivity contribution in [3.05, 3.63) is 82.9 Å². The van der Waals surface area contributed by atoms with E-state index in [1.54, 1.807) is 11.0 Å².